The molecule has 0 aromatic rings. The first-order valence-corrected chi connectivity index (χ1v) is 12.9. The SMILES string of the molecule is CCCCC1NC2CCCC(C)C2C1C(CC)CCCCC1CCCC1C. The Balaban J connectivity index is 1.56. The van der Waals surface area contributed by atoms with Crippen molar-refractivity contribution < 1.29 is 0 Å². The molecule has 27 heavy (non-hydrogen) atoms. The van der Waals surface area contributed by atoms with E-state index in [2.05, 4.69) is 33.0 Å². The zero-order chi connectivity index (χ0) is 19.2. The summed E-state index contributed by atoms with van der Waals surface area (Å²) in [6.07, 6.45) is 20.5. The monoisotopic (exact) mass is 375 g/mol. The Morgan fingerprint density at radius 3 is 2.33 bits per heavy atom. The van der Waals surface area contributed by atoms with Gasteiger partial charge in [-0.2, -0.15) is 0 Å². The lowest BCUT2D eigenvalue weighted by molar-refractivity contribution is 0.130. The molecule has 3 fully saturated rings. The summed E-state index contributed by atoms with van der Waals surface area (Å²) in [4.78, 5) is 0. The highest BCUT2D eigenvalue weighted by Gasteiger charge is 2.48. The Labute approximate surface area is 170 Å². The minimum absolute atomic E-state index is 0.820. The molecule has 8 unspecified atom stereocenters. The van der Waals surface area contributed by atoms with Gasteiger partial charge in [0.05, 0.1) is 0 Å². The maximum absolute atomic E-state index is 4.16. The van der Waals surface area contributed by atoms with Gasteiger partial charge in [-0.3, -0.25) is 0 Å². The minimum Gasteiger partial charge on any atom is -0.311 e. The molecule has 1 heteroatoms. The fraction of sp³-hybridized carbons (Fsp3) is 1.00. The smallest absolute Gasteiger partial charge is 0.0104 e. The van der Waals surface area contributed by atoms with Crippen LogP contribution in [0, 0.1) is 35.5 Å². The average molecular weight is 376 g/mol. The molecule has 1 saturated heterocycles. The Morgan fingerprint density at radius 2 is 1.63 bits per heavy atom. The van der Waals surface area contributed by atoms with Gasteiger partial charge < -0.3 is 5.32 Å². The summed E-state index contributed by atoms with van der Waals surface area (Å²) in [6.45, 7) is 9.92. The van der Waals surface area contributed by atoms with E-state index in [1.54, 1.807) is 0 Å². The lowest BCUT2D eigenvalue weighted by Crippen LogP contribution is -2.36. The Morgan fingerprint density at radius 1 is 0.852 bits per heavy atom. The Kier molecular flexibility index (Phi) is 8.55. The number of unbranched alkanes of at least 4 members (excludes halogenated alkanes) is 2. The van der Waals surface area contributed by atoms with Gasteiger partial charge in [0.1, 0.15) is 0 Å². The van der Waals surface area contributed by atoms with Gasteiger partial charge in [0.15, 0.2) is 0 Å². The lowest BCUT2D eigenvalue weighted by atomic mass is 9.66. The average Bonchev–Trinajstić information content (AvgIpc) is 3.24. The normalized spacial score (nSPS) is 40.2. The largest absolute Gasteiger partial charge is 0.311 e. The molecule has 1 heterocycles. The quantitative estimate of drug-likeness (QED) is 0.388. The molecule has 1 nitrogen and oxygen atoms in total. The summed E-state index contributed by atoms with van der Waals surface area (Å²) < 4.78 is 0. The zero-order valence-corrected chi connectivity index (χ0v) is 19.0. The van der Waals surface area contributed by atoms with Crippen LogP contribution in [0.2, 0.25) is 0 Å². The molecular weight excluding hydrogens is 326 g/mol. The molecule has 2 saturated carbocycles. The van der Waals surface area contributed by atoms with Crippen LogP contribution < -0.4 is 5.32 Å². The standard InChI is InChI=1S/C26H49N/c1-5-7-17-24-26(25-20(4)13-11-18-23(25)27-24)21(6-2)14-8-9-15-22-16-10-12-19(22)3/h19-27H,5-18H2,1-4H3. The number of rotatable bonds is 10. The summed E-state index contributed by atoms with van der Waals surface area (Å²) in [6, 6.07) is 1.66. The minimum atomic E-state index is 0.820. The number of hydrogen-bond acceptors (Lipinski definition) is 1. The van der Waals surface area contributed by atoms with Gasteiger partial charge in [0.25, 0.3) is 0 Å². The second-order valence-corrected chi connectivity index (χ2v) is 10.7. The van der Waals surface area contributed by atoms with E-state index in [4.69, 9.17) is 0 Å². The van der Waals surface area contributed by atoms with Gasteiger partial charge in [-0.1, -0.05) is 105 Å². The molecule has 158 valence electrons. The van der Waals surface area contributed by atoms with Crippen molar-refractivity contribution >= 4 is 0 Å². The first-order valence-electron chi connectivity index (χ1n) is 12.9. The fourth-order valence-corrected chi connectivity index (χ4v) is 7.41. The molecule has 0 aromatic carbocycles. The van der Waals surface area contributed by atoms with Crippen LogP contribution in [0.1, 0.15) is 118 Å². The number of fused-ring (bicyclic) bond motifs is 1. The third kappa shape index (κ3) is 5.31. The van der Waals surface area contributed by atoms with Crippen LogP contribution in [0.25, 0.3) is 0 Å². The zero-order valence-electron chi connectivity index (χ0n) is 19.0. The van der Waals surface area contributed by atoms with E-state index in [0.29, 0.717) is 0 Å². The van der Waals surface area contributed by atoms with E-state index in [1.165, 1.54) is 89.9 Å². The molecule has 2 aliphatic carbocycles. The van der Waals surface area contributed by atoms with Crippen molar-refractivity contribution in [1.82, 2.24) is 5.32 Å². The lowest BCUT2D eigenvalue weighted by Gasteiger charge is -2.38. The van der Waals surface area contributed by atoms with Crippen molar-refractivity contribution in [2.75, 3.05) is 0 Å². The van der Waals surface area contributed by atoms with E-state index in [-0.39, 0.29) is 0 Å². The van der Waals surface area contributed by atoms with Crippen LogP contribution in [-0.2, 0) is 0 Å². The van der Waals surface area contributed by atoms with E-state index in [0.717, 1.165) is 47.6 Å². The van der Waals surface area contributed by atoms with Crippen LogP contribution in [0.4, 0.5) is 0 Å². The van der Waals surface area contributed by atoms with Gasteiger partial charge >= 0.3 is 0 Å². The van der Waals surface area contributed by atoms with Gasteiger partial charge in [-0.05, 0) is 48.3 Å². The molecule has 0 bridgehead atoms. The van der Waals surface area contributed by atoms with Crippen LogP contribution in [-0.4, -0.2) is 12.1 Å². The van der Waals surface area contributed by atoms with Crippen LogP contribution in [0.5, 0.6) is 0 Å². The van der Waals surface area contributed by atoms with Gasteiger partial charge in [0, 0.05) is 12.1 Å². The van der Waals surface area contributed by atoms with Crippen molar-refractivity contribution in [3.8, 4) is 0 Å². The molecule has 1 aliphatic heterocycles. The third-order valence-corrected chi connectivity index (χ3v) is 9.01. The van der Waals surface area contributed by atoms with Crippen molar-refractivity contribution in [2.45, 2.75) is 130 Å². The van der Waals surface area contributed by atoms with Crippen LogP contribution in [0.15, 0.2) is 0 Å². The summed E-state index contributed by atoms with van der Waals surface area (Å²) in [5.74, 6) is 5.91. The maximum Gasteiger partial charge on any atom is 0.0104 e. The Hall–Kier alpha value is -0.0400. The van der Waals surface area contributed by atoms with E-state index in [1.807, 2.05) is 0 Å². The highest BCUT2D eigenvalue weighted by molar-refractivity contribution is 5.02. The molecule has 0 aromatic heterocycles. The highest BCUT2D eigenvalue weighted by atomic mass is 15.0. The summed E-state index contributed by atoms with van der Waals surface area (Å²) in [5, 5.41) is 4.16. The van der Waals surface area contributed by atoms with Crippen LogP contribution >= 0.6 is 0 Å². The molecule has 3 rings (SSSR count). The van der Waals surface area contributed by atoms with Crippen molar-refractivity contribution in [1.29, 1.82) is 0 Å². The second-order valence-electron chi connectivity index (χ2n) is 10.7. The first kappa shape index (κ1) is 21.7. The molecule has 3 aliphatic rings. The molecular formula is C26H49N. The Bertz CT molecular complexity index is 418. The van der Waals surface area contributed by atoms with Gasteiger partial charge in [0.2, 0.25) is 0 Å². The van der Waals surface area contributed by atoms with Gasteiger partial charge in [-0.25, -0.2) is 0 Å². The third-order valence-electron chi connectivity index (χ3n) is 9.01. The fourth-order valence-electron chi connectivity index (χ4n) is 7.41. The maximum atomic E-state index is 4.16. The topological polar surface area (TPSA) is 12.0 Å². The van der Waals surface area contributed by atoms with E-state index in [9.17, 15) is 0 Å². The molecule has 0 radical (unpaired) electrons. The van der Waals surface area contributed by atoms with Crippen molar-refractivity contribution in [3.05, 3.63) is 0 Å². The van der Waals surface area contributed by atoms with Crippen molar-refractivity contribution in [3.63, 3.8) is 0 Å². The first-order chi connectivity index (χ1) is 13.2. The van der Waals surface area contributed by atoms with E-state index < -0.39 is 0 Å². The molecule has 1 N–H and O–H groups in total. The molecule has 8 atom stereocenters. The molecule has 0 amide bonds. The van der Waals surface area contributed by atoms with Crippen LogP contribution in [0.3, 0.4) is 0 Å². The van der Waals surface area contributed by atoms with Crippen molar-refractivity contribution in [2.24, 2.45) is 35.5 Å². The predicted molar refractivity (Wildman–Crippen MR) is 119 cm³/mol. The van der Waals surface area contributed by atoms with Gasteiger partial charge in [-0.15, -0.1) is 0 Å². The highest BCUT2D eigenvalue weighted by Crippen LogP contribution is 2.47. The molecule has 0 spiro atoms. The summed E-state index contributed by atoms with van der Waals surface area (Å²) in [5.41, 5.74) is 0. The van der Waals surface area contributed by atoms with E-state index >= 15 is 0 Å². The number of hydrogen-bond donors (Lipinski definition) is 1. The number of nitrogens with one attached hydrogen (secondary N) is 1. The second kappa shape index (κ2) is 10.7. The summed E-state index contributed by atoms with van der Waals surface area (Å²) in [7, 11) is 0. The predicted octanol–water partition coefficient (Wildman–Crippen LogP) is 7.59. The summed E-state index contributed by atoms with van der Waals surface area (Å²) >= 11 is 0.